The predicted octanol–water partition coefficient (Wildman–Crippen LogP) is 3.76. The van der Waals surface area contributed by atoms with E-state index in [-0.39, 0.29) is 5.41 Å². The van der Waals surface area contributed by atoms with Gasteiger partial charge in [-0.15, -0.1) is 0 Å². The van der Waals surface area contributed by atoms with Gasteiger partial charge >= 0.3 is 0 Å². The summed E-state index contributed by atoms with van der Waals surface area (Å²) in [6.45, 7) is 11.6. The Balaban J connectivity index is 2.69. The molecule has 0 saturated heterocycles. The second kappa shape index (κ2) is 6.56. The van der Waals surface area contributed by atoms with Crippen LogP contribution in [0.2, 0.25) is 0 Å². The lowest BCUT2D eigenvalue weighted by atomic mass is 9.95. The zero-order chi connectivity index (χ0) is 13.6. The first kappa shape index (κ1) is 14.7. The maximum Gasteiger partial charge on any atom is 0.0635 e. The maximum absolute atomic E-state index is 8.75. The largest absolute Gasteiger partial charge is 0.298 e. The van der Waals surface area contributed by atoms with Gasteiger partial charge in [-0.25, -0.2) is 0 Å². The van der Waals surface area contributed by atoms with E-state index in [0.717, 1.165) is 19.6 Å². The maximum atomic E-state index is 8.75. The molecule has 0 aliphatic heterocycles. The highest BCUT2D eigenvalue weighted by Crippen LogP contribution is 2.17. The van der Waals surface area contributed by atoms with E-state index in [2.05, 4.69) is 62.9 Å². The molecule has 0 bridgehead atoms. The molecule has 1 rings (SSSR count). The monoisotopic (exact) mass is 244 g/mol. The molecule has 0 fully saturated rings. The van der Waals surface area contributed by atoms with Crippen molar-refractivity contribution in [3.63, 3.8) is 0 Å². The quantitative estimate of drug-likeness (QED) is 0.788. The molecule has 0 radical (unpaired) electrons. The van der Waals surface area contributed by atoms with Crippen LogP contribution in [0, 0.1) is 23.7 Å². The first-order chi connectivity index (χ1) is 8.40. The summed E-state index contributed by atoms with van der Waals surface area (Å²) in [4.78, 5) is 2.37. The van der Waals surface area contributed by atoms with Gasteiger partial charge in [0.2, 0.25) is 0 Å². The summed E-state index contributed by atoms with van der Waals surface area (Å²) < 4.78 is 0. The summed E-state index contributed by atoms with van der Waals surface area (Å²) in [6, 6.07) is 10.8. The van der Waals surface area contributed by atoms with Gasteiger partial charge in [-0.2, -0.15) is 5.26 Å². The Morgan fingerprint density at radius 2 is 2.00 bits per heavy atom. The standard InChI is InChI=1S/C16H24N2/c1-14-7-5-8-15(11-14)12-18(10-6-9-17)13-16(2,3)4/h5,7-8,11H,6,10,12-13H2,1-4H3. The van der Waals surface area contributed by atoms with Crippen LogP contribution >= 0.6 is 0 Å². The molecule has 0 aliphatic rings. The second-order valence-electron chi connectivity index (χ2n) is 6.17. The summed E-state index contributed by atoms with van der Waals surface area (Å²) in [5.74, 6) is 0. The van der Waals surface area contributed by atoms with Gasteiger partial charge in [0, 0.05) is 26.1 Å². The highest BCUT2D eigenvalue weighted by atomic mass is 15.1. The van der Waals surface area contributed by atoms with Gasteiger partial charge in [-0.05, 0) is 17.9 Å². The zero-order valence-corrected chi connectivity index (χ0v) is 12.0. The predicted molar refractivity (Wildman–Crippen MR) is 76.1 cm³/mol. The molecule has 1 aromatic carbocycles. The molecule has 0 saturated carbocycles. The molecule has 0 atom stereocenters. The van der Waals surface area contributed by atoms with Crippen molar-refractivity contribution in [3.05, 3.63) is 35.4 Å². The van der Waals surface area contributed by atoms with Gasteiger partial charge in [-0.3, -0.25) is 4.90 Å². The number of nitriles is 1. The van der Waals surface area contributed by atoms with Gasteiger partial charge in [0.25, 0.3) is 0 Å². The van der Waals surface area contributed by atoms with Crippen LogP contribution in [-0.4, -0.2) is 18.0 Å². The van der Waals surface area contributed by atoms with Gasteiger partial charge in [-0.1, -0.05) is 50.6 Å². The van der Waals surface area contributed by atoms with Crippen LogP contribution in [0.15, 0.2) is 24.3 Å². The highest BCUT2D eigenvalue weighted by molar-refractivity contribution is 5.22. The number of hydrogen-bond acceptors (Lipinski definition) is 2. The Kier molecular flexibility index (Phi) is 5.37. The Hall–Kier alpha value is -1.33. The van der Waals surface area contributed by atoms with E-state index < -0.39 is 0 Å². The average Bonchev–Trinajstić information content (AvgIpc) is 2.24. The molecule has 0 N–H and O–H groups in total. The highest BCUT2D eigenvalue weighted by Gasteiger charge is 2.16. The Bertz CT molecular complexity index is 410. The number of rotatable bonds is 5. The van der Waals surface area contributed by atoms with Crippen molar-refractivity contribution in [1.82, 2.24) is 4.90 Å². The van der Waals surface area contributed by atoms with Crippen molar-refractivity contribution in [2.24, 2.45) is 5.41 Å². The van der Waals surface area contributed by atoms with E-state index in [1.807, 2.05) is 0 Å². The first-order valence-electron chi connectivity index (χ1n) is 6.55. The third-order valence-electron chi connectivity index (χ3n) is 2.73. The number of nitrogens with zero attached hydrogens (tertiary/aromatic N) is 2. The fourth-order valence-corrected chi connectivity index (χ4v) is 2.16. The van der Waals surface area contributed by atoms with Gasteiger partial charge < -0.3 is 0 Å². The second-order valence-corrected chi connectivity index (χ2v) is 6.17. The topological polar surface area (TPSA) is 27.0 Å². The van der Waals surface area contributed by atoms with E-state index in [0.29, 0.717) is 6.42 Å². The van der Waals surface area contributed by atoms with E-state index in [1.165, 1.54) is 11.1 Å². The molecule has 0 aliphatic carbocycles. The van der Waals surface area contributed by atoms with Crippen LogP contribution in [0.1, 0.15) is 38.3 Å². The van der Waals surface area contributed by atoms with Gasteiger partial charge in [0.1, 0.15) is 0 Å². The van der Waals surface area contributed by atoms with E-state index >= 15 is 0 Å². The van der Waals surface area contributed by atoms with Gasteiger partial charge in [0.15, 0.2) is 0 Å². The number of benzene rings is 1. The Labute approximate surface area is 111 Å². The SMILES string of the molecule is Cc1cccc(CN(CCC#N)CC(C)(C)C)c1. The minimum atomic E-state index is 0.263. The van der Waals surface area contributed by atoms with Crippen molar-refractivity contribution < 1.29 is 0 Å². The molecule has 1 aromatic rings. The molecule has 2 heteroatoms. The molecule has 18 heavy (non-hydrogen) atoms. The summed E-state index contributed by atoms with van der Waals surface area (Å²) in [6.07, 6.45) is 0.599. The fourth-order valence-electron chi connectivity index (χ4n) is 2.16. The lowest BCUT2D eigenvalue weighted by Crippen LogP contribution is -2.33. The zero-order valence-electron chi connectivity index (χ0n) is 12.0. The normalized spacial score (nSPS) is 11.6. The summed E-state index contributed by atoms with van der Waals surface area (Å²) in [5, 5.41) is 8.75. The van der Waals surface area contributed by atoms with Crippen LogP contribution in [0.25, 0.3) is 0 Å². The van der Waals surface area contributed by atoms with E-state index in [9.17, 15) is 0 Å². The smallest absolute Gasteiger partial charge is 0.0635 e. The summed E-state index contributed by atoms with van der Waals surface area (Å²) in [7, 11) is 0. The molecule has 0 unspecified atom stereocenters. The number of aryl methyl sites for hydroxylation is 1. The molecular formula is C16H24N2. The molecule has 2 nitrogen and oxygen atoms in total. The Morgan fingerprint density at radius 3 is 2.56 bits per heavy atom. The summed E-state index contributed by atoms with van der Waals surface area (Å²) in [5.41, 5.74) is 2.89. The molecule has 98 valence electrons. The molecule has 0 heterocycles. The molecule has 0 spiro atoms. The van der Waals surface area contributed by atoms with Crippen molar-refractivity contribution >= 4 is 0 Å². The van der Waals surface area contributed by atoms with Crippen molar-refractivity contribution in [3.8, 4) is 6.07 Å². The first-order valence-corrected chi connectivity index (χ1v) is 6.55. The van der Waals surface area contributed by atoms with Crippen LogP contribution < -0.4 is 0 Å². The molecule has 0 aromatic heterocycles. The summed E-state index contributed by atoms with van der Waals surface area (Å²) >= 11 is 0. The third-order valence-corrected chi connectivity index (χ3v) is 2.73. The number of hydrogen-bond donors (Lipinski definition) is 0. The van der Waals surface area contributed by atoms with Crippen molar-refractivity contribution in [2.75, 3.05) is 13.1 Å². The van der Waals surface area contributed by atoms with Crippen LogP contribution in [0.3, 0.4) is 0 Å². The van der Waals surface area contributed by atoms with Crippen molar-refractivity contribution in [1.29, 1.82) is 5.26 Å². The van der Waals surface area contributed by atoms with Gasteiger partial charge in [0.05, 0.1) is 6.07 Å². The van der Waals surface area contributed by atoms with Crippen LogP contribution in [0.4, 0.5) is 0 Å². The Morgan fingerprint density at radius 1 is 1.28 bits per heavy atom. The molecular weight excluding hydrogens is 220 g/mol. The average molecular weight is 244 g/mol. The van der Waals surface area contributed by atoms with Crippen LogP contribution in [-0.2, 0) is 6.54 Å². The lowest BCUT2D eigenvalue weighted by Gasteiger charge is -2.29. The fraction of sp³-hybridized carbons (Fsp3) is 0.562. The minimum absolute atomic E-state index is 0.263. The lowest BCUT2D eigenvalue weighted by molar-refractivity contribution is 0.187. The minimum Gasteiger partial charge on any atom is -0.298 e. The van der Waals surface area contributed by atoms with E-state index in [4.69, 9.17) is 5.26 Å². The third kappa shape index (κ3) is 5.84. The van der Waals surface area contributed by atoms with Crippen LogP contribution in [0.5, 0.6) is 0 Å². The van der Waals surface area contributed by atoms with E-state index in [1.54, 1.807) is 0 Å². The molecule has 0 amide bonds. The van der Waals surface area contributed by atoms with Crippen molar-refractivity contribution in [2.45, 2.75) is 40.7 Å².